The molecule has 1 saturated carbocycles. The highest BCUT2D eigenvalue weighted by Crippen LogP contribution is 2.48. The summed E-state index contributed by atoms with van der Waals surface area (Å²) in [4.78, 5) is 1.50. The largest absolute Gasteiger partial charge is 0.365 e. The van der Waals surface area contributed by atoms with Crippen LogP contribution in [-0.4, -0.2) is 6.10 Å². The third kappa shape index (κ3) is 2.00. The second-order valence-electron chi connectivity index (χ2n) is 5.74. The molecule has 0 bridgehead atoms. The Kier molecular flexibility index (Phi) is 3.12. The number of ether oxygens (including phenoxy) is 1. The highest BCUT2D eigenvalue weighted by molar-refractivity contribution is 7.10. The summed E-state index contributed by atoms with van der Waals surface area (Å²) in [5.41, 5.74) is 2.36. The highest BCUT2D eigenvalue weighted by atomic mass is 32.1. The van der Waals surface area contributed by atoms with Crippen LogP contribution >= 0.6 is 11.3 Å². The molecule has 4 rings (SSSR count). The number of rotatable bonds is 1. The van der Waals surface area contributed by atoms with Crippen molar-refractivity contribution in [3.05, 3.63) is 57.5 Å². The molecule has 1 aromatic heterocycles. The lowest BCUT2D eigenvalue weighted by Crippen LogP contribution is -2.32. The minimum Gasteiger partial charge on any atom is -0.365 e. The zero-order valence-electron chi connectivity index (χ0n) is 11.2. The molecular weight excluding hydrogens is 271 g/mol. The normalized spacial score (nSPS) is 28.8. The maximum atomic E-state index is 13.1. The van der Waals surface area contributed by atoms with Crippen LogP contribution in [0.15, 0.2) is 35.7 Å². The van der Waals surface area contributed by atoms with E-state index < -0.39 is 0 Å². The van der Waals surface area contributed by atoms with E-state index in [9.17, 15) is 4.39 Å². The van der Waals surface area contributed by atoms with Gasteiger partial charge in [0, 0.05) is 10.8 Å². The Labute approximate surface area is 122 Å². The van der Waals surface area contributed by atoms with Crippen LogP contribution in [-0.2, 0) is 4.74 Å². The van der Waals surface area contributed by atoms with Gasteiger partial charge in [-0.2, -0.15) is 0 Å². The number of benzene rings is 1. The van der Waals surface area contributed by atoms with Crippen molar-refractivity contribution in [1.82, 2.24) is 0 Å². The lowest BCUT2D eigenvalue weighted by atomic mass is 9.80. The summed E-state index contributed by atoms with van der Waals surface area (Å²) in [6, 6.07) is 8.93. The molecule has 2 aromatic rings. The number of fused-ring (bicyclic) bond motifs is 3. The third-order valence-electron chi connectivity index (χ3n) is 4.53. The molecule has 1 aromatic carbocycles. The summed E-state index contributed by atoms with van der Waals surface area (Å²) in [5.74, 6) is 0.390. The highest BCUT2D eigenvalue weighted by Gasteiger charge is 2.38. The molecule has 1 fully saturated rings. The van der Waals surface area contributed by atoms with Gasteiger partial charge in [-0.25, -0.2) is 4.39 Å². The van der Waals surface area contributed by atoms with Crippen molar-refractivity contribution in [2.24, 2.45) is 0 Å². The van der Waals surface area contributed by atoms with E-state index in [4.69, 9.17) is 4.74 Å². The predicted octanol–water partition coefficient (Wildman–Crippen LogP) is 5.03. The maximum absolute atomic E-state index is 13.1. The Morgan fingerprint density at radius 2 is 1.85 bits per heavy atom. The Morgan fingerprint density at radius 1 is 1.05 bits per heavy atom. The first-order chi connectivity index (χ1) is 9.83. The van der Waals surface area contributed by atoms with Gasteiger partial charge >= 0.3 is 0 Å². The van der Waals surface area contributed by atoms with Crippen molar-refractivity contribution < 1.29 is 9.13 Å². The van der Waals surface area contributed by atoms with Gasteiger partial charge in [0.2, 0.25) is 0 Å². The van der Waals surface area contributed by atoms with Gasteiger partial charge in [-0.05, 0) is 47.5 Å². The molecule has 1 aliphatic heterocycles. The van der Waals surface area contributed by atoms with Crippen LogP contribution in [0.5, 0.6) is 0 Å². The molecule has 2 aliphatic rings. The van der Waals surface area contributed by atoms with Gasteiger partial charge in [-0.3, -0.25) is 0 Å². The van der Waals surface area contributed by atoms with Gasteiger partial charge in [0.25, 0.3) is 0 Å². The summed E-state index contributed by atoms with van der Waals surface area (Å²) >= 11 is 1.86. The van der Waals surface area contributed by atoms with Crippen molar-refractivity contribution in [1.29, 1.82) is 0 Å². The van der Waals surface area contributed by atoms with Gasteiger partial charge in [-0.15, -0.1) is 11.3 Å². The van der Waals surface area contributed by atoms with E-state index >= 15 is 0 Å². The van der Waals surface area contributed by atoms with Crippen molar-refractivity contribution in [3.63, 3.8) is 0 Å². The van der Waals surface area contributed by atoms with E-state index in [-0.39, 0.29) is 11.9 Å². The van der Waals surface area contributed by atoms with E-state index in [1.165, 1.54) is 41.8 Å². The monoisotopic (exact) mass is 288 g/mol. The van der Waals surface area contributed by atoms with Crippen LogP contribution in [0.3, 0.4) is 0 Å². The molecule has 0 unspecified atom stereocenters. The SMILES string of the molecule is Fc1ccc([C@H]2O[C@@H]3CCCC[C@@H]3c3sccc32)cc1. The van der Waals surface area contributed by atoms with Crippen molar-refractivity contribution in [2.75, 3.05) is 0 Å². The van der Waals surface area contributed by atoms with Crippen molar-refractivity contribution in [3.8, 4) is 0 Å². The summed E-state index contributed by atoms with van der Waals surface area (Å²) in [7, 11) is 0. The first-order valence-electron chi connectivity index (χ1n) is 7.31. The van der Waals surface area contributed by atoms with Gasteiger partial charge < -0.3 is 4.74 Å². The fourth-order valence-electron chi connectivity index (χ4n) is 3.55. The standard InChI is InChI=1S/C17H17FOS/c18-12-7-5-11(6-8-12)16-14-9-10-20-17(14)13-3-1-2-4-15(13)19-16/h5-10,13,15-16H,1-4H2/t13-,15+,16+/m0/s1. The third-order valence-corrected chi connectivity index (χ3v) is 5.60. The molecule has 0 radical (unpaired) electrons. The zero-order chi connectivity index (χ0) is 13.5. The van der Waals surface area contributed by atoms with E-state index in [0.29, 0.717) is 12.0 Å². The molecule has 3 heteroatoms. The minimum atomic E-state index is -0.189. The maximum Gasteiger partial charge on any atom is 0.123 e. The van der Waals surface area contributed by atoms with Crippen LogP contribution in [0, 0.1) is 5.82 Å². The Balaban J connectivity index is 1.75. The van der Waals surface area contributed by atoms with Crippen molar-refractivity contribution >= 4 is 11.3 Å². The van der Waals surface area contributed by atoms with Crippen molar-refractivity contribution in [2.45, 2.75) is 43.8 Å². The summed E-state index contributed by atoms with van der Waals surface area (Å²) < 4.78 is 19.5. The van der Waals surface area contributed by atoms with E-state index in [0.717, 1.165) is 12.0 Å². The number of thiophene rings is 1. The Morgan fingerprint density at radius 3 is 2.70 bits per heavy atom. The van der Waals surface area contributed by atoms with Gasteiger partial charge in [0.15, 0.2) is 0 Å². The van der Waals surface area contributed by atoms with Gasteiger partial charge in [0.1, 0.15) is 11.9 Å². The fourth-order valence-corrected chi connectivity index (χ4v) is 4.67. The van der Waals surface area contributed by atoms with Crippen LogP contribution in [0.2, 0.25) is 0 Å². The average Bonchev–Trinajstić information content (AvgIpc) is 2.97. The quantitative estimate of drug-likeness (QED) is 0.715. The summed E-state index contributed by atoms with van der Waals surface area (Å²) in [6.07, 6.45) is 5.29. The first kappa shape index (κ1) is 12.5. The lowest BCUT2D eigenvalue weighted by Gasteiger charge is -2.39. The molecule has 2 heterocycles. The molecule has 0 amide bonds. The molecule has 0 spiro atoms. The van der Waals surface area contributed by atoms with Crippen LogP contribution in [0.25, 0.3) is 0 Å². The molecular formula is C17H17FOS. The molecule has 0 saturated heterocycles. The van der Waals surface area contributed by atoms with Gasteiger partial charge in [-0.1, -0.05) is 25.0 Å². The minimum absolute atomic E-state index is 0.0174. The number of halogens is 1. The predicted molar refractivity (Wildman–Crippen MR) is 78.6 cm³/mol. The average molecular weight is 288 g/mol. The van der Waals surface area contributed by atoms with E-state index in [1.54, 1.807) is 0 Å². The molecule has 3 atom stereocenters. The summed E-state index contributed by atoms with van der Waals surface area (Å²) in [5, 5.41) is 2.17. The first-order valence-corrected chi connectivity index (χ1v) is 8.19. The Hall–Kier alpha value is -1.19. The van der Waals surface area contributed by atoms with Gasteiger partial charge in [0.05, 0.1) is 6.10 Å². The van der Waals surface area contributed by atoms with Crippen LogP contribution < -0.4 is 0 Å². The lowest BCUT2D eigenvalue weighted by molar-refractivity contribution is -0.0374. The second kappa shape index (κ2) is 4.97. The molecule has 20 heavy (non-hydrogen) atoms. The van der Waals surface area contributed by atoms with E-state index in [2.05, 4.69) is 11.4 Å². The van der Waals surface area contributed by atoms with E-state index in [1.807, 2.05) is 23.5 Å². The number of hydrogen-bond donors (Lipinski definition) is 0. The number of hydrogen-bond acceptors (Lipinski definition) is 2. The summed E-state index contributed by atoms with van der Waals surface area (Å²) in [6.45, 7) is 0. The second-order valence-corrected chi connectivity index (χ2v) is 6.68. The molecule has 104 valence electrons. The van der Waals surface area contributed by atoms with Crippen LogP contribution in [0.1, 0.15) is 53.7 Å². The van der Waals surface area contributed by atoms with Crippen LogP contribution in [0.4, 0.5) is 4.39 Å². The molecule has 0 N–H and O–H groups in total. The zero-order valence-corrected chi connectivity index (χ0v) is 12.0. The topological polar surface area (TPSA) is 9.23 Å². The Bertz CT molecular complexity index is 604. The fraction of sp³-hybridized carbons (Fsp3) is 0.412. The smallest absolute Gasteiger partial charge is 0.123 e. The molecule has 1 nitrogen and oxygen atoms in total. The molecule has 1 aliphatic carbocycles.